The van der Waals surface area contributed by atoms with Crippen molar-refractivity contribution in [3.63, 3.8) is 0 Å². The number of amides is 1. The molecule has 0 atom stereocenters. The first-order valence-electron chi connectivity index (χ1n) is 7.95. The predicted molar refractivity (Wildman–Crippen MR) is 91.1 cm³/mol. The van der Waals surface area contributed by atoms with Gasteiger partial charge in [0.15, 0.2) is 18.1 Å². The number of aryl methyl sites for hydroxylation is 1. The van der Waals surface area contributed by atoms with Crippen LogP contribution in [0.1, 0.15) is 30.0 Å². The van der Waals surface area contributed by atoms with Crippen LogP contribution in [0.4, 0.5) is 5.69 Å². The van der Waals surface area contributed by atoms with Crippen LogP contribution in [0.2, 0.25) is 0 Å². The maximum Gasteiger partial charge on any atom is 0.342 e. The van der Waals surface area contributed by atoms with E-state index in [1.807, 2.05) is 13.8 Å². The van der Waals surface area contributed by atoms with Crippen molar-refractivity contribution in [1.29, 1.82) is 0 Å². The number of rotatable bonds is 8. The molecule has 7 nitrogen and oxygen atoms in total. The molecule has 1 aromatic heterocycles. The van der Waals surface area contributed by atoms with Gasteiger partial charge in [0.05, 0.1) is 19.5 Å². The van der Waals surface area contributed by atoms with Gasteiger partial charge >= 0.3 is 5.97 Å². The van der Waals surface area contributed by atoms with Crippen molar-refractivity contribution >= 4 is 17.6 Å². The van der Waals surface area contributed by atoms with E-state index in [-0.39, 0.29) is 0 Å². The fourth-order valence-electron chi connectivity index (χ4n) is 2.13. The zero-order chi connectivity index (χ0) is 18.2. The van der Waals surface area contributed by atoms with Crippen LogP contribution in [0.25, 0.3) is 0 Å². The normalized spacial score (nSPS) is 10.2. The number of furan rings is 1. The molecule has 2 rings (SSSR count). The first-order chi connectivity index (χ1) is 12.0. The van der Waals surface area contributed by atoms with Crippen LogP contribution in [0.15, 0.2) is 34.9 Å². The summed E-state index contributed by atoms with van der Waals surface area (Å²) in [5.74, 6) is 0.514. The van der Waals surface area contributed by atoms with Crippen molar-refractivity contribution < 1.29 is 28.2 Å². The summed E-state index contributed by atoms with van der Waals surface area (Å²) in [5.41, 5.74) is 0.819. The zero-order valence-corrected chi connectivity index (χ0v) is 14.5. The van der Waals surface area contributed by atoms with E-state index in [1.54, 1.807) is 25.1 Å². The minimum atomic E-state index is -0.608. The van der Waals surface area contributed by atoms with Crippen molar-refractivity contribution in [1.82, 2.24) is 0 Å². The molecule has 0 spiro atoms. The minimum Gasteiger partial charge on any atom is -0.490 e. The average Bonchev–Trinajstić information content (AvgIpc) is 3.01. The molecule has 0 bridgehead atoms. The summed E-state index contributed by atoms with van der Waals surface area (Å²) in [4.78, 5) is 23.8. The molecule has 0 radical (unpaired) electrons. The monoisotopic (exact) mass is 347 g/mol. The smallest absolute Gasteiger partial charge is 0.342 e. The first-order valence-corrected chi connectivity index (χ1v) is 7.95. The molecule has 0 saturated heterocycles. The predicted octanol–water partition coefficient (Wildman–Crippen LogP) is 3.18. The molecule has 0 aliphatic carbocycles. The van der Waals surface area contributed by atoms with Crippen molar-refractivity contribution in [3.05, 3.63) is 41.9 Å². The molecule has 0 aliphatic heterocycles. The third kappa shape index (κ3) is 5.00. The summed E-state index contributed by atoms with van der Waals surface area (Å²) in [6.45, 7) is 5.96. The number of hydrogen-bond acceptors (Lipinski definition) is 6. The Morgan fingerprint density at radius 3 is 2.44 bits per heavy atom. The number of benzene rings is 1. The van der Waals surface area contributed by atoms with Gasteiger partial charge in [-0.25, -0.2) is 4.79 Å². The standard InChI is InChI=1S/C18H21NO6/c1-4-22-15-7-6-13(10-16(15)23-5-2)19-17(20)11-25-18(21)14-8-9-24-12(14)3/h6-10H,4-5,11H2,1-3H3,(H,19,20). The van der Waals surface area contributed by atoms with Gasteiger partial charge in [-0.05, 0) is 39.0 Å². The molecule has 0 saturated carbocycles. The molecule has 1 amide bonds. The second kappa shape index (κ2) is 8.77. The Morgan fingerprint density at radius 1 is 1.08 bits per heavy atom. The molecule has 25 heavy (non-hydrogen) atoms. The highest BCUT2D eigenvalue weighted by atomic mass is 16.5. The van der Waals surface area contributed by atoms with Gasteiger partial charge in [0.2, 0.25) is 0 Å². The number of nitrogens with one attached hydrogen (secondary N) is 1. The van der Waals surface area contributed by atoms with Crippen LogP contribution in [0.3, 0.4) is 0 Å². The van der Waals surface area contributed by atoms with Crippen molar-refractivity contribution in [2.75, 3.05) is 25.1 Å². The van der Waals surface area contributed by atoms with E-state index < -0.39 is 18.5 Å². The lowest BCUT2D eigenvalue weighted by molar-refractivity contribution is -0.119. The van der Waals surface area contributed by atoms with Crippen molar-refractivity contribution in [3.8, 4) is 11.5 Å². The van der Waals surface area contributed by atoms with E-state index in [1.165, 1.54) is 12.3 Å². The number of esters is 1. The molecule has 1 heterocycles. The van der Waals surface area contributed by atoms with Gasteiger partial charge in [-0.2, -0.15) is 0 Å². The highest BCUT2D eigenvalue weighted by Crippen LogP contribution is 2.30. The van der Waals surface area contributed by atoms with Crippen LogP contribution in [-0.4, -0.2) is 31.7 Å². The van der Waals surface area contributed by atoms with Gasteiger partial charge in [-0.3, -0.25) is 4.79 Å². The highest BCUT2D eigenvalue weighted by Gasteiger charge is 2.15. The van der Waals surface area contributed by atoms with E-state index in [0.717, 1.165) is 0 Å². The summed E-state index contributed by atoms with van der Waals surface area (Å²) in [6.07, 6.45) is 1.39. The fourth-order valence-corrected chi connectivity index (χ4v) is 2.13. The van der Waals surface area contributed by atoms with Crippen LogP contribution in [0, 0.1) is 6.92 Å². The van der Waals surface area contributed by atoms with Crippen LogP contribution in [-0.2, 0) is 9.53 Å². The van der Waals surface area contributed by atoms with Crippen LogP contribution >= 0.6 is 0 Å². The molecule has 1 N–H and O–H groups in total. The van der Waals surface area contributed by atoms with Gasteiger partial charge in [0.1, 0.15) is 11.3 Å². The van der Waals surface area contributed by atoms with E-state index in [2.05, 4.69) is 5.32 Å². The highest BCUT2D eigenvalue weighted by molar-refractivity contribution is 5.96. The minimum absolute atomic E-state index is 0.299. The van der Waals surface area contributed by atoms with Gasteiger partial charge in [0.25, 0.3) is 5.91 Å². The lowest BCUT2D eigenvalue weighted by Crippen LogP contribution is -2.21. The average molecular weight is 347 g/mol. The van der Waals surface area contributed by atoms with Crippen LogP contribution < -0.4 is 14.8 Å². The topological polar surface area (TPSA) is 87.0 Å². The maximum atomic E-state index is 12.0. The Morgan fingerprint density at radius 2 is 1.80 bits per heavy atom. The second-order valence-electron chi connectivity index (χ2n) is 5.04. The number of ether oxygens (including phenoxy) is 3. The van der Waals surface area contributed by atoms with Gasteiger partial charge in [-0.1, -0.05) is 0 Å². The number of anilines is 1. The molecule has 0 unspecified atom stereocenters. The molecule has 0 aliphatic rings. The number of hydrogen-bond donors (Lipinski definition) is 1. The Labute approximate surface area is 145 Å². The van der Waals surface area contributed by atoms with E-state index in [4.69, 9.17) is 18.6 Å². The van der Waals surface area contributed by atoms with E-state index in [9.17, 15) is 9.59 Å². The fraction of sp³-hybridized carbons (Fsp3) is 0.333. The molecular weight excluding hydrogens is 326 g/mol. The molecule has 0 fully saturated rings. The lowest BCUT2D eigenvalue weighted by atomic mass is 10.2. The van der Waals surface area contributed by atoms with Crippen molar-refractivity contribution in [2.24, 2.45) is 0 Å². The molecule has 7 heteroatoms. The molecular formula is C18H21NO6. The maximum absolute atomic E-state index is 12.0. The largest absolute Gasteiger partial charge is 0.490 e. The number of carbonyl (C=O) groups excluding carboxylic acids is 2. The van der Waals surface area contributed by atoms with Crippen LogP contribution in [0.5, 0.6) is 11.5 Å². The van der Waals surface area contributed by atoms with Crippen molar-refractivity contribution in [2.45, 2.75) is 20.8 Å². The van der Waals surface area contributed by atoms with E-state index in [0.29, 0.717) is 41.7 Å². The van der Waals surface area contributed by atoms with Gasteiger partial charge in [0, 0.05) is 11.8 Å². The Hall–Kier alpha value is -2.96. The molecule has 134 valence electrons. The summed E-state index contributed by atoms with van der Waals surface area (Å²) < 4.78 is 21.0. The third-order valence-corrected chi connectivity index (χ3v) is 3.24. The Kier molecular flexibility index (Phi) is 6.45. The second-order valence-corrected chi connectivity index (χ2v) is 5.04. The summed E-state index contributed by atoms with van der Waals surface area (Å²) >= 11 is 0. The summed E-state index contributed by atoms with van der Waals surface area (Å²) in [6, 6.07) is 6.56. The lowest BCUT2D eigenvalue weighted by Gasteiger charge is -2.13. The SMILES string of the molecule is CCOc1ccc(NC(=O)COC(=O)c2ccoc2C)cc1OCC. The molecule has 1 aromatic carbocycles. The molecule has 2 aromatic rings. The summed E-state index contributed by atoms with van der Waals surface area (Å²) in [7, 11) is 0. The van der Waals surface area contributed by atoms with Gasteiger partial charge < -0.3 is 23.9 Å². The zero-order valence-electron chi connectivity index (χ0n) is 14.5. The third-order valence-electron chi connectivity index (χ3n) is 3.24. The van der Waals surface area contributed by atoms with E-state index >= 15 is 0 Å². The quantitative estimate of drug-likeness (QED) is 0.738. The Bertz CT molecular complexity index is 737. The van der Waals surface area contributed by atoms with Gasteiger partial charge in [-0.15, -0.1) is 0 Å². The number of carbonyl (C=O) groups is 2. The first kappa shape index (κ1) is 18.4. The summed E-state index contributed by atoms with van der Waals surface area (Å²) in [5, 5.41) is 2.65. The Balaban J connectivity index is 1.94.